The lowest BCUT2D eigenvalue weighted by Crippen LogP contribution is -2.13. The van der Waals surface area contributed by atoms with Crippen LogP contribution in [-0.2, 0) is 19.5 Å². The van der Waals surface area contributed by atoms with Crippen LogP contribution < -0.4 is 10.1 Å². The van der Waals surface area contributed by atoms with Crippen molar-refractivity contribution in [1.29, 1.82) is 0 Å². The highest BCUT2D eigenvalue weighted by molar-refractivity contribution is 6.30. The van der Waals surface area contributed by atoms with Crippen molar-refractivity contribution in [3.8, 4) is 11.5 Å². The minimum Gasteiger partial charge on any atom is -0.504 e. The summed E-state index contributed by atoms with van der Waals surface area (Å²) in [7, 11) is 1.49. The highest BCUT2D eigenvalue weighted by Crippen LogP contribution is 2.33. The molecule has 1 aromatic carbocycles. The van der Waals surface area contributed by atoms with Gasteiger partial charge in [-0.25, -0.2) is 4.98 Å². The zero-order valence-electron chi connectivity index (χ0n) is 11.4. The molecule has 2 N–H and O–H groups in total. The van der Waals surface area contributed by atoms with E-state index in [0.717, 1.165) is 12.2 Å². The second kappa shape index (κ2) is 6.63. The first kappa shape index (κ1) is 14.7. The molecule has 0 bridgehead atoms. The maximum absolute atomic E-state index is 9.99. The SMILES string of the molecule is CCc1cnc(CNCc2cc(Cl)cc(OC)c2O)o1. The van der Waals surface area contributed by atoms with Crippen LogP contribution >= 0.6 is 11.6 Å². The smallest absolute Gasteiger partial charge is 0.208 e. The van der Waals surface area contributed by atoms with E-state index in [9.17, 15) is 5.11 Å². The average molecular weight is 297 g/mol. The van der Waals surface area contributed by atoms with E-state index in [1.54, 1.807) is 18.3 Å². The molecule has 108 valence electrons. The van der Waals surface area contributed by atoms with E-state index in [0.29, 0.717) is 35.3 Å². The highest BCUT2D eigenvalue weighted by atomic mass is 35.5. The van der Waals surface area contributed by atoms with E-state index in [1.807, 2.05) is 6.92 Å². The Balaban J connectivity index is 1.98. The summed E-state index contributed by atoms with van der Waals surface area (Å²) in [6.45, 7) is 2.93. The molecular weight excluding hydrogens is 280 g/mol. The monoisotopic (exact) mass is 296 g/mol. The van der Waals surface area contributed by atoms with Crippen LogP contribution in [0, 0.1) is 0 Å². The summed E-state index contributed by atoms with van der Waals surface area (Å²) in [4.78, 5) is 4.15. The maximum atomic E-state index is 9.99. The van der Waals surface area contributed by atoms with Crippen molar-refractivity contribution < 1.29 is 14.3 Å². The number of aromatic nitrogens is 1. The molecule has 0 saturated carbocycles. The Hall–Kier alpha value is -1.72. The molecule has 20 heavy (non-hydrogen) atoms. The highest BCUT2D eigenvalue weighted by Gasteiger charge is 2.10. The number of oxazole rings is 1. The molecule has 5 nitrogen and oxygen atoms in total. The van der Waals surface area contributed by atoms with Crippen molar-refractivity contribution >= 4 is 11.6 Å². The summed E-state index contributed by atoms with van der Waals surface area (Å²) in [5.41, 5.74) is 0.664. The van der Waals surface area contributed by atoms with Crippen LogP contribution in [0.5, 0.6) is 11.5 Å². The van der Waals surface area contributed by atoms with Gasteiger partial charge in [0.1, 0.15) is 5.76 Å². The molecule has 0 fully saturated rings. The molecule has 2 rings (SSSR count). The van der Waals surface area contributed by atoms with Gasteiger partial charge in [0.2, 0.25) is 5.89 Å². The van der Waals surface area contributed by atoms with Gasteiger partial charge in [0.05, 0.1) is 19.9 Å². The Labute approximate surface area is 122 Å². The first-order chi connectivity index (χ1) is 9.63. The number of rotatable bonds is 6. The quantitative estimate of drug-likeness (QED) is 0.858. The second-order valence-corrected chi connectivity index (χ2v) is 4.73. The van der Waals surface area contributed by atoms with Gasteiger partial charge in [0.15, 0.2) is 11.5 Å². The molecule has 1 aromatic heterocycles. The van der Waals surface area contributed by atoms with Crippen LogP contribution in [0.4, 0.5) is 0 Å². The summed E-state index contributed by atoms with van der Waals surface area (Å²) >= 11 is 5.97. The van der Waals surface area contributed by atoms with Crippen LogP contribution in [0.3, 0.4) is 0 Å². The molecule has 6 heteroatoms. The minimum atomic E-state index is 0.0889. The fourth-order valence-electron chi connectivity index (χ4n) is 1.82. The van der Waals surface area contributed by atoms with Gasteiger partial charge >= 0.3 is 0 Å². The van der Waals surface area contributed by atoms with E-state index < -0.39 is 0 Å². The van der Waals surface area contributed by atoms with E-state index >= 15 is 0 Å². The summed E-state index contributed by atoms with van der Waals surface area (Å²) in [5, 5.41) is 13.6. The Morgan fingerprint density at radius 1 is 1.40 bits per heavy atom. The van der Waals surface area contributed by atoms with E-state index in [-0.39, 0.29) is 5.75 Å². The molecule has 0 spiro atoms. The zero-order valence-corrected chi connectivity index (χ0v) is 12.2. The fraction of sp³-hybridized carbons (Fsp3) is 0.357. The molecule has 0 aliphatic carbocycles. The van der Waals surface area contributed by atoms with E-state index in [2.05, 4.69) is 10.3 Å². The Bertz CT molecular complexity index is 584. The lowest BCUT2D eigenvalue weighted by molar-refractivity contribution is 0.369. The third-order valence-corrected chi connectivity index (χ3v) is 3.10. The number of aryl methyl sites for hydroxylation is 1. The molecule has 0 unspecified atom stereocenters. The van der Waals surface area contributed by atoms with Gasteiger partial charge in [-0.3, -0.25) is 0 Å². The van der Waals surface area contributed by atoms with Crippen molar-refractivity contribution in [3.63, 3.8) is 0 Å². The normalized spacial score (nSPS) is 10.8. The second-order valence-electron chi connectivity index (χ2n) is 4.29. The van der Waals surface area contributed by atoms with Gasteiger partial charge in [-0.15, -0.1) is 0 Å². The Morgan fingerprint density at radius 3 is 2.85 bits per heavy atom. The third kappa shape index (κ3) is 3.43. The fourth-order valence-corrected chi connectivity index (χ4v) is 2.05. The third-order valence-electron chi connectivity index (χ3n) is 2.88. The average Bonchev–Trinajstić information content (AvgIpc) is 2.90. The minimum absolute atomic E-state index is 0.0889. The molecular formula is C14H17ClN2O3. The predicted molar refractivity (Wildman–Crippen MR) is 76.1 cm³/mol. The number of ether oxygens (including phenoxy) is 1. The Kier molecular flexibility index (Phi) is 4.87. The number of phenols is 1. The Morgan fingerprint density at radius 2 is 2.20 bits per heavy atom. The first-order valence-electron chi connectivity index (χ1n) is 6.33. The first-order valence-corrected chi connectivity index (χ1v) is 6.71. The van der Waals surface area contributed by atoms with Crippen LogP contribution in [0.15, 0.2) is 22.7 Å². The van der Waals surface area contributed by atoms with Gasteiger partial charge in [-0.1, -0.05) is 18.5 Å². The number of nitrogens with zero attached hydrogens (tertiary/aromatic N) is 1. The van der Waals surface area contributed by atoms with Gasteiger partial charge in [0, 0.05) is 29.6 Å². The molecule has 0 aliphatic heterocycles. The number of methoxy groups -OCH3 is 1. The van der Waals surface area contributed by atoms with Crippen molar-refractivity contribution in [2.24, 2.45) is 0 Å². The number of benzene rings is 1. The predicted octanol–water partition coefficient (Wildman–Crippen LogP) is 2.89. The van der Waals surface area contributed by atoms with Gasteiger partial charge in [-0.2, -0.15) is 0 Å². The molecule has 2 aromatic rings. The summed E-state index contributed by atoms with van der Waals surface area (Å²) in [6.07, 6.45) is 2.54. The topological polar surface area (TPSA) is 67.5 Å². The standard InChI is InChI=1S/C14H17ClN2O3/c1-3-11-7-17-13(20-11)8-16-6-9-4-10(15)5-12(19-2)14(9)18/h4-5,7,16,18H,3,6,8H2,1-2H3. The number of halogens is 1. The van der Waals surface area contributed by atoms with Gasteiger partial charge in [0.25, 0.3) is 0 Å². The largest absolute Gasteiger partial charge is 0.504 e. The summed E-state index contributed by atoms with van der Waals surface area (Å²) < 4.78 is 10.5. The van der Waals surface area contributed by atoms with Crippen molar-refractivity contribution in [2.45, 2.75) is 26.4 Å². The molecule has 0 atom stereocenters. The molecule has 0 saturated heterocycles. The van der Waals surface area contributed by atoms with Crippen LogP contribution in [0.2, 0.25) is 5.02 Å². The number of hydrogen-bond acceptors (Lipinski definition) is 5. The summed E-state index contributed by atoms with van der Waals surface area (Å²) in [6, 6.07) is 3.27. The molecule has 0 radical (unpaired) electrons. The van der Waals surface area contributed by atoms with Crippen molar-refractivity contribution in [3.05, 3.63) is 40.6 Å². The molecule has 0 aliphatic rings. The maximum Gasteiger partial charge on any atom is 0.208 e. The molecule has 1 heterocycles. The molecule has 0 amide bonds. The van der Waals surface area contributed by atoms with Crippen LogP contribution in [0.1, 0.15) is 24.1 Å². The zero-order chi connectivity index (χ0) is 14.5. The number of phenolic OH excluding ortho intramolecular Hbond substituents is 1. The van der Waals surface area contributed by atoms with Crippen LogP contribution in [-0.4, -0.2) is 17.2 Å². The lowest BCUT2D eigenvalue weighted by Gasteiger charge is -2.10. The van der Waals surface area contributed by atoms with E-state index in [4.69, 9.17) is 20.8 Å². The van der Waals surface area contributed by atoms with Gasteiger partial charge < -0.3 is 19.6 Å². The van der Waals surface area contributed by atoms with E-state index in [1.165, 1.54) is 7.11 Å². The van der Waals surface area contributed by atoms with Crippen molar-refractivity contribution in [2.75, 3.05) is 7.11 Å². The van der Waals surface area contributed by atoms with Crippen LogP contribution in [0.25, 0.3) is 0 Å². The number of nitrogens with one attached hydrogen (secondary N) is 1. The number of aromatic hydroxyl groups is 1. The number of hydrogen-bond donors (Lipinski definition) is 2. The van der Waals surface area contributed by atoms with Gasteiger partial charge in [-0.05, 0) is 6.07 Å². The summed E-state index contributed by atoms with van der Waals surface area (Å²) in [5.74, 6) is 1.93. The van der Waals surface area contributed by atoms with Crippen molar-refractivity contribution in [1.82, 2.24) is 10.3 Å². The lowest BCUT2D eigenvalue weighted by atomic mass is 10.2.